The Labute approximate surface area is 216 Å². The third kappa shape index (κ3) is 6.70. The SMILES string of the molecule is COc1ccc(C(Sc2ccccc2N)C(OCOC(C)OC)C(=O)N2C(=O)OCC2C(C)C)cc1. The average molecular weight is 519 g/mol. The van der Waals surface area contributed by atoms with E-state index in [0.717, 1.165) is 10.5 Å². The average Bonchev–Trinajstić information content (AvgIpc) is 3.27. The Balaban J connectivity index is 2.03. The molecule has 0 aliphatic carbocycles. The molecule has 2 aromatic rings. The number of nitrogens with two attached hydrogens (primary N) is 1. The first-order chi connectivity index (χ1) is 17.3. The van der Waals surface area contributed by atoms with Gasteiger partial charge in [-0.3, -0.25) is 4.79 Å². The summed E-state index contributed by atoms with van der Waals surface area (Å²) < 4.78 is 27.3. The van der Waals surface area contributed by atoms with Gasteiger partial charge in [0, 0.05) is 17.7 Å². The molecule has 0 spiro atoms. The second kappa shape index (κ2) is 13.0. The van der Waals surface area contributed by atoms with E-state index in [1.54, 1.807) is 20.1 Å². The summed E-state index contributed by atoms with van der Waals surface area (Å²) >= 11 is 1.38. The number of benzene rings is 2. The number of nitrogen functional groups attached to an aromatic ring is 1. The number of cyclic esters (lactones) is 1. The molecule has 9 nitrogen and oxygen atoms in total. The van der Waals surface area contributed by atoms with Gasteiger partial charge >= 0.3 is 6.09 Å². The number of carbonyl (C=O) groups excluding carboxylic acids is 2. The Morgan fingerprint density at radius 2 is 1.81 bits per heavy atom. The predicted octanol–water partition coefficient (Wildman–Crippen LogP) is 4.47. The second-order valence-electron chi connectivity index (χ2n) is 8.62. The van der Waals surface area contributed by atoms with Gasteiger partial charge in [-0.05, 0) is 42.7 Å². The minimum atomic E-state index is -1.10. The Kier molecular flexibility index (Phi) is 10.0. The standard InChI is InChI=1S/C26H34N2O7S/c1-16(2)21-14-33-26(30)28(21)25(29)23(35-15-34-17(3)31-4)24(18-10-12-19(32-5)13-11-18)36-22-9-7-6-8-20(22)27/h6-13,16-17,21,23-24H,14-15,27H2,1-5H3. The van der Waals surface area contributed by atoms with Crippen LogP contribution >= 0.6 is 11.8 Å². The highest BCUT2D eigenvalue weighted by atomic mass is 32.2. The fourth-order valence-corrected chi connectivity index (χ4v) is 4.95. The third-order valence-corrected chi connectivity index (χ3v) is 7.33. The number of rotatable bonds is 12. The van der Waals surface area contributed by atoms with Gasteiger partial charge in [-0.25, -0.2) is 9.69 Å². The van der Waals surface area contributed by atoms with Gasteiger partial charge in [-0.2, -0.15) is 0 Å². The summed E-state index contributed by atoms with van der Waals surface area (Å²) in [4.78, 5) is 28.6. The van der Waals surface area contributed by atoms with Crippen molar-refractivity contribution < 1.29 is 33.3 Å². The molecule has 1 saturated heterocycles. The predicted molar refractivity (Wildman–Crippen MR) is 137 cm³/mol. The number of ether oxygens (including phenoxy) is 5. The van der Waals surface area contributed by atoms with Crippen molar-refractivity contribution in [2.45, 2.75) is 49.4 Å². The van der Waals surface area contributed by atoms with Crippen LogP contribution in [0.25, 0.3) is 0 Å². The summed E-state index contributed by atoms with van der Waals surface area (Å²) in [5.74, 6) is 0.168. The van der Waals surface area contributed by atoms with Gasteiger partial charge in [0.25, 0.3) is 5.91 Å². The maximum Gasteiger partial charge on any atom is 0.417 e. The highest BCUT2D eigenvalue weighted by molar-refractivity contribution is 7.99. The van der Waals surface area contributed by atoms with E-state index in [0.29, 0.717) is 11.4 Å². The van der Waals surface area contributed by atoms with Crippen molar-refractivity contribution in [1.82, 2.24) is 4.90 Å². The van der Waals surface area contributed by atoms with Crippen molar-refractivity contribution >= 4 is 29.4 Å². The van der Waals surface area contributed by atoms with Gasteiger partial charge < -0.3 is 29.4 Å². The Morgan fingerprint density at radius 1 is 1.11 bits per heavy atom. The topological polar surface area (TPSA) is 110 Å². The van der Waals surface area contributed by atoms with E-state index in [-0.39, 0.29) is 19.3 Å². The van der Waals surface area contributed by atoms with E-state index in [1.165, 1.54) is 23.8 Å². The fourth-order valence-electron chi connectivity index (χ4n) is 3.70. The lowest BCUT2D eigenvalue weighted by Gasteiger charge is -2.31. The molecule has 1 aliphatic rings. The lowest BCUT2D eigenvalue weighted by atomic mass is 10.0. The zero-order valence-corrected chi connectivity index (χ0v) is 22.0. The molecule has 2 amide bonds. The van der Waals surface area contributed by atoms with Crippen LogP contribution in [0.15, 0.2) is 53.4 Å². The molecular weight excluding hydrogens is 484 g/mol. The van der Waals surface area contributed by atoms with Gasteiger partial charge in [0.2, 0.25) is 0 Å². The quantitative estimate of drug-likeness (QED) is 0.247. The monoisotopic (exact) mass is 518 g/mol. The first-order valence-corrected chi connectivity index (χ1v) is 12.6. The zero-order chi connectivity index (χ0) is 26.2. The number of amides is 2. The van der Waals surface area contributed by atoms with Crippen molar-refractivity contribution in [3.63, 3.8) is 0 Å². The van der Waals surface area contributed by atoms with E-state index in [2.05, 4.69) is 0 Å². The lowest BCUT2D eigenvalue weighted by Crippen LogP contribution is -2.49. The molecule has 1 aliphatic heterocycles. The number of thioether (sulfide) groups is 1. The number of carbonyl (C=O) groups is 2. The van der Waals surface area contributed by atoms with E-state index in [1.807, 2.05) is 56.3 Å². The number of anilines is 1. The van der Waals surface area contributed by atoms with Crippen LogP contribution in [0.1, 0.15) is 31.6 Å². The molecule has 10 heteroatoms. The molecule has 3 rings (SSSR count). The third-order valence-electron chi connectivity index (χ3n) is 5.93. The summed E-state index contributed by atoms with van der Waals surface area (Å²) in [6.07, 6.45) is -2.33. The molecule has 196 valence electrons. The summed E-state index contributed by atoms with van der Waals surface area (Å²) in [6.45, 7) is 5.50. The Morgan fingerprint density at radius 3 is 2.42 bits per heavy atom. The first-order valence-electron chi connectivity index (χ1n) is 11.7. The van der Waals surface area contributed by atoms with Crippen LogP contribution in [0.4, 0.5) is 10.5 Å². The molecule has 0 radical (unpaired) electrons. The van der Waals surface area contributed by atoms with Crippen molar-refractivity contribution in [2.24, 2.45) is 5.92 Å². The van der Waals surface area contributed by atoms with Crippen molar-refractivity contribution in [1.29, 1.82) is 0 Å². The van der Waals surface area contributed by atoms with Crippen molar-refractivity contribution in [3.05, 3.63) is 54.1 Å². The van der Waals surface area contributed by atoms with Crippen LogP contribution in [-0.2, 0) is 23.7 Å². The minimum absolute atomic E-state index is 0.00247. The molecule has 0 aromatic heterocycles. The molecular formula is C26H34N2O7S. The Bertz CT molecular complexity index is 1020. The van der Waals surface area contributed by atoms with Gasteiger partial charge in [0.05, 0.1) is 18.4 Å². The molecule has 1 fully saturated rings. The van der Waals surface area contributed by atoms with Gasteiger partial charge in [-0.15, -0.1) is 11.8 Å². The van der Waals surface area contributed by atoms with Crippen molar-refractivity contribution in [2.75, 3.05) is 33.4 Å². The van der Waals surface area contributed by atoms with Crippen LogP contribution in [-0.4, -0.2) is 63.0 Å². The molecule has 0 bridgehead atoms. The Hall–Kier alpha value is -2.79. The van der Waals surface area contributed by atoms with Gasteiger partial charge in [0.1, 0.15) is 12.4 Å². The smallest absolute Gasteiger partial charge is 0.417 e. The molecule has 4 atom stereocenters. The summed E-state index contributed by atoms with van der Waals surface area (Å²) in [7, 11) is 3.09. The number of imide groups is 1. The number of methoxy groups -OCH3 is 2. The summed E-state index contributed by atoms with van der Waals surface area (Å²) in [6, 6.07) is 14.3. The van der Waals surface area contributed by atoms with Crippen LogP contribution in [0.5, 0.6) is 5.75 Å². The van der Waals surface area contributed by atoms with Crippen LogP contribution < -0.4 is 10.5 Å². The molecule has 36 heavy (non-hydrogen) atoms. The largest absolute Gasteiger partial charge is 0.497 e. The number of nitrogens with zero attached hydrogens (tertiary/aromatic N) is 1. The summed E-state index contributed by atoms with van der Waals surface area (Å²) in [5, 5.41) is -0.573. The number of hydrogen-bond donors (Lipinski definition) is 1. The maximum absolute atomic E-state index is 14.0. The zero-order valence-electron chi connectivity index (χ0n) is 21.2. The number of hydrogen-bond acceptors (Lipinski definition) is 9. The molecule has 2 aromatic carbocycles. The van der Waals surface area contributed by atoms with E-state index in [4.69, 9.17) is 29.4 Å². The molecule has 1 heterocycles. The van der Waals surface area contributed by atoms with Gasteiger partial charge in [-0.1, -0.05) is 38.1 Å². The fraction of sp³-hybridized carbons (Fsp3) is 0.462. The van der Waals surface area contributed by atoms with E-state index >= 15 is 0 Å². The molecule has 4 unspecified atom stereocenters. The second-order valence-corrected chi connectivity index (χ2v) is 9.80. The highest BCUT2D eigenvalue weighted by Crippen LogP contribution is 2.43. The minimum Gasteiger partial charge on any atom is -0.497 e. The van der Waals surface area contributed by atoms with Crippen LogP contribution in [0.3, 0.4) is 0 Å². The molecule has 0 saturated carbocycles. The van der Waals surface area contributed by atoms with Crippen LogP contribution in [0, 0.1) is 5.92 Å². The normalized spacial score (nSPS) is 18.1. The summed E-state index contributed by atoms with van der Waals surface area (Å²) in [5.41, 5.74) is 7.59. The molecule has 2 N–H and O–H groups in total. The number of para-hydroxylation sites is 1. The first kappa shape index (κ1) is 27.8. The highest BCUT2D eigenvalue weighted by Gasteiger charge is 2.45. The van der Waals surface area contributed by atoms with E-state index < -0.39 is 35.7 Å². The van der Waals surface area contributed by atoms with Crippen molar-refractivity contribution in [3.8, 4) is 5.75 Å². The van der Waals surface area contributed by atoms with Gasteiger partial charge in [0.15, 0.2) is 19.2 Å². The van der Waals surface area contributed by atoms with E-state index in [9.17, 15) is 9.59 Å². The van der Waals surface area contributed by atoms with Crippen LogP contribution in [0.2, 0.25) is 0 Å². The maximum atomic E-state index is 14.0. The lowest BCUT2D eigenvalue weighted by molar-refractivity contribution is -0.193.